The molecule has 2 N–H and O–H groups in total. The maximum Gasteiger partial charge on any atom is 0.329 e. The molecule has 0 unspecified atom stereocenters. The molecule has 0 atom stereocenters. The van der Waals surface area contributed by atoms with Gasteiger partial charge in [-0.15, -0.1) is 0 Å². The molecule has 1 heterocycles. The third-order valence-electron chi connectivity index (χ3n) is 4.12. The highest BCUT2D eigenvalue weighted by Crippen LogP contribution is 2.30. The molecule has 0 radical (unpaired) electrons. The largest absolute Gasteiger partial charge is 0.480 e. The summed E-state index contributed by atoms with van der Waals surface area (Å²) in [6, 6.07) is 8.74. The number of hydrogen-bond donors (Lipinski definition) is 2. The van der Waals surface area contributed by atoms with Crippen LogP contribution in [0.1, 0.15) is 36.0 Å². The Morgan fingerprint density at radius 2 is 1.86 bits per heavy atom. The van der Waals surface area contributed by atoms with Crippen LogP contribution in [-0.2, 0) is 4.79 Å². The van der Waals surface area contributed by atoms with Crippen molar-refractivity contribution in [1.29, 1.82) is 0 Å². The second-order valence-corrected chi connectivity index (χ2v) is 5.55. The molecule has 114 valence electrons. The normalized spacial score (nSPS) is 16.4. The number of aliphatic carboxylic acids is 1. The van der Waals surface area contributed by atoms with Gasteiger partial charge < -0.3 is 10.4 Å². The number of carboxylic acids is 1. The van der Waals surface area contributed by atoms with Gasteiger partial charge in [0.05, 0.1) is 5.69 Å². The minimum Gasteiger partial charge on any atom is -0.480 e. The molecular weight excluding hydrogens is 282 g/mol. The van der Waals surface area contributed by atoms with Crippen LogP contribution < -0.4 is 5.32 Å². The zero-order chi connectivity index (χ0) is 15.6. The second-order valence-electron chi connectivity index (χ2n) is 5.55. The Bertz CT molecular complexity index is 671. The molecule has 0 aliphatic heterocycles. The highest BCUT2D eigenvalue weighted by atomic mass is 16.4. The Morgan fingerprint density at radius 1 is 1.18 bits per heavy atom. The van der Waals surface area contributed by atoms with Crippen LogP contribution >= 0.6 is 0 Å². The second kappa shape index (κ2) is 5.63. The predicted octanol–water partition coefficient (Wildman–Crippen LogP) is 2.00. The topological polar surface area (TPSA) is 84.2 Å². The summed E-state index contributed by atoms with van der Waals surface area (Å²) in [5.74, 6) is -1.30. The zero-order valence-electron chi connectivity index (χ0n) is 12.0. The van der Waals surface area contributed by atoms with Crippen LogP contribution in [0.5, 0.6) is 0 Å². The minimum absolute atomic E-state index is 0.351. The molecule has 1 saturated carbocycles. The quantitative estimate of drug-likeness (QED) is 0.904. The van der Waals surface area contributed by atoms with Crippen molar-refractivity contribution in [3.05, 3.63) is 48.3 Å². The lowest BCUT2D eigenvalue weighted by Crippen LogP contribution is -2.52. The lowest BCUT2D eigenvalue weighted by Gasteiger charge is -2.25. The molecule has 1 fully saturated rings. The van der Waals surface area contributed by atoms with Crippen LogP contribution in [0.2, 0.25) is 0 Å². The van der Waals surface area contributed by atoms with E-state index in [1.807, 2.05) is 12.3 Å². The Kier molecular flexibility index (Phi) is 3.66. The standard InChI is InChI=1S/C16H17N3O3/c20-14(18-16(15(21)22)8-1-2-9-16)12-4-6-13(7-5-12)19-11-3-10-17-19/h3-7,10-11H,1-2,8-9H2,(H,18,20)(H,21,22). The summed E-state index contributed by atoms with van der Waals surface area (Å²) in [6.45, 7) is 0. The van der Waals surface area contributed by atoms with Crippen molar-refractivity contribution in [3.8, 4) is 5.69 Å². The molecule has 1 amide bonds. The first-order valence-electron chi connectivity index (χ1n) is 7.27. The van der Waals surface area contributed by atoms with Gasteiger partial charge in [-0.3, -0.25) is 4.79 Å². The van der Waals surface area contributed by atoms with Gasteiger partial charge in [-0.2, -0.15) is 5.10 Å². The molecule has 1 aliphatic carbocycles. The fourth-order valence-electron chi connectivity index (χ4n) is 2.85. The first-order valence-corrected chi connectivity index (χ1v) is 7.27. The molecule has 0 spiro atoms. The molecule has 2 aromatic rings. The van der Waals surface area contributed by atoms with Crippen molar-refractivity contribution in [2.24, 2.45) is 0 Å². The van der Waals surface area contributed by atoms with E-state index in [2.05, 4.69) is 10.4 Å². The molecule has 6 heteroatoms. The summed E-state index contributed by atoms with van der Waals surface area (Å²) in [6.07, 6.45) is 6.11. The van der Waals surface area contributed by atoms with E-state index in [9.17, 15) is 14.7 Å². The van der Waals surface area contributed by atoms with Crippen molar-refractivity contribution < 1.29 is 14.7 Å². The highest BCUT2D eigenvalue weighted by molar-refractivity contribution is 5.98. The summed E-state index contributed by atoms with van der Waals surface area (Å²) in [7, 11) is 0. The minimum atomic E-state index is -1.11. The fraction of sp³-hybridized carbons (Fsp3) is 0.312. The molecule has 22 heavy (non-hydrogen) atoms. The van der Waals surface area contributed by atoms with Gasteiger partial charge in [0.1, 0.15) is 5.54 Å². The van der Waals surface area contributed by atoms with Crippen molar-refractivity contribution in [2.75, 3.05) is 0 Å². The maximum absolute atomic E-state index is 12.3. The van der Waals surface area contributed by atoms with E-state index in [1.165, 1.54) is 0 Å². The third kappa shape index (κ3) is 2.59. The highest BCUT2D eigenvalue weighted by Gasteiger charge is 2.42. The van der Waals surface area contributed by atoms with Crippen molar-refractivity contribution in [1.82, 2.24) is 15.1 Å². The lowest BCUT2D eigenvalue weighted by atomic mass is 9.97. The molecule has 0 saturated heterocycles. The predicted molar refractivity (Wildman–Crippen MR) is 79.9 cm³/mol. The van der Waals surface area contributed by atoms with E-state index in [4.69, 9.17) is 0 Å². The number of carbonyl (C=O) groups excluding carboxylic acids is 1. The number of rotatable bonds is 4. The van der Waals surface area contributed by atoms with E-state index in [-0.39, 0.29) is 5.91 Å². The van der Waals surface area contributed by atoms with Gasteiger partial charge in [0.15, 0.2) is 0 Å². The van der Waals surface area contributed by atoms with Crippen molar-refractivity contribution in [3.63, 3.8) is 0 Å². The van der Waals surface area contributed by atoms with Gasteiger partial charge in [0, 0.05) is 18.0 Å². The lowest BCUT2D eigenvalue weighted by molar-refractivity contribution is -0.144. The summed E-state index contributed by atoms with van der Waals surface area (Å²) in [5.41, 5.74) is 0.177. The molecule has 6 nitrogen and oxygen atoms in total. The molecule has 3 rings (SSSR count). The van der Waals surface area contributed by atoms with Crippen LogP contribution in [0.15, 0.2) is 42.7 Å². The van der Waals surface area contributed by atoms with Crippen LogP contribution in [0.25, 0.3) is 5.69 Å². The van der Waals surface area contributed by atoms with E-state index in [0.717, 1.165) is 18.5 Å². The Morgan fingerprint density at radius 3 is 2.41 bits per heavy atom. The monoisotopic (exact) mass is 299 g/mol. The summed E-state index contributed by atoms with van der Waals surface area (Å²) >= 11 is 0. The number of carbonyl (C=O) groups is 2. The Labute approximate surface area is 127 Å². The Hall–Kier alpha value is -2.63. The number of hydrogen-bond acceptors (Lipinski definition) is 3. The smallest absolute Gasteiger partial charge is 0.329 e. The number of nitrogens with zero attached hydrogens (tertiary/aromatic N) is 2. The van der Waals surface area contributed by atoms with Crippen molar-refractivity contribution in [2.45, 2.75) is 31.2 Å². The first kappa shape index (κ1) is 14.3. The average molecular weight is 299 g/mol. The van der Waals surface area contributed by atoms with Crippen molar-refractivity contribution >= 4 is 11.9 Å². The number of amides is 1. The van der Waals surface area contributed by atoms with Crippen LogP contribution in [0, 0.1) is 0 Å². The SMILES string of the molecule is O=C(NC1(C(=O)O)CCCC1)c1ccc(-n2cccn2)cc1. The van der Waals surface area contributed by atoms with Crippen LogP contribution in [0.3, 0.4) is 0 Å². The van der Waals surface area contributed by atoms with Crippen LogP contribution in [-0.4, -0.2) is 32.3 Å². The van der Waals surface area contributed by atoms with Gasteiger partial charge >= 0.3 is 5.97 Å². The number of nitrogens with one attached hydrogen (secondary N) is 1. The van der Waals surface area contributed by atoms with Gasteiger partial charge in [0.25, 0.3) is 5.91 Å². The number of carboxylic acid groups (broad SMARTS) is 1. The van der Waals surface area contributed by atoms with E-state index < -0.39 is 11.5 Å². The third-order valence-corrected chi connectivity index (χ3v) is 4.12. The van der Waals surface area contributed by atoms with E-state index in [0.29, 0.717) is 18.4 Å². The first-order chi connectivity index (χ1) is 10.6. The molecule has 0 bridgehead atoms. The number of aromatic nitrogens is 2. The average Bonchev–Trinajstić information content (AvgIpc) is 3.19. The van der Waals surface area contributed by atoms with E-state index >= 15 is 0 Å². The van der Waals surface area contributed by atoms with Gasteiger partial charge in [-0.05, 0) is 43.2 Å². The number of benzene rings is 1. The van der Waals surface area contributed by atoms with Gasteiger partial charge in [-0.1, -0.05) is 12.8 Å². The summed E-state index contributed by atoms with van der Waals surface area (Å²) in [4.78, 5) is 23.8. The summed E-state index contributed by atoms with van der Waals surface area (Å²) in [5, 5.41) is 16.2. The Balaban J connectivity index is 1.76. The van der Waals surface area contributed by atoms with E-state index in [1.54, 1.807) is 35.1 Å². The molecule has 1 aliphatic rings. The molecule has 1 aromatic carbocycles. The molecule has 1 aromatic heterocycles. The maximum atomic E-state index is 12.3. The summed E-state index contributed by atoms with van der Waals surface area (Å²) < 4.78 is 1.69. The van der Waals surface area contributed by atoms with Gasteiger partial charge in [0.2, 0.25) is 0 Å². The zero-order valence-corrected chi connectivity index (χ0v) is 12.0. The fourth-order valence-corrected chi connectivity index (χ4v) is 2.85. The van der Waals surface area contributed by atoms with Gasteiger partial charge in [-0.25, -0.2) is 9.48 Å². The molecular formula is C16H17N3O3. The van der Waals surface area contributed by atoms with Crippen LogP contribution in [0.4, 0.5) is 0 Å².